The van der Waals surface area contributed by atoms with Crippen molar-refractivity contribution in [3.8, 4) is 5.75 Å². The number of aliphatic carboxylic acids is 1. The molecular weight excluding hydrogens is 276 g/mol. The number of fused-ring (bicyclic) bond motifs is 1. The zero-order valence-corrected chi connectivity index (χ0v) is 11.9. The summed E-state index contributed by atoms with van der Waals surface area (Å²) in [6.45, 7) is 0. The molecule has 0 bridgehead atoms. The van der Waals surface area contributed by atoms with Crippen molar-refractivity contribution in [1.82, 2.24) is 0 Å². The van der Waals surface area contributed by atoms with Gasteiger partial charge >= 0.3 is 5.97 Å². The minimum atomic E-state index is -0.768. The lowest BCUT2D eigenvalue weighted by Crippen LogP contribution is -2.14. The maximum Gasteiger partial charge on any atom is 0.304 e. The lowest BCUT2D eigenvalue weighted by atomic mass is 9.89. The van der Waals surface area contributed by atoms with Crippen molar-refractivity contribution in [2.45, 2.75) is 24.7 Å². The van der Waals surface area contributed by atoms with Crippen LogP contribution in [0.1, 0.15) is 24.8 Å². The van der Waals surface area contributed by atoms with Gasteiger partial charge in [0.05, 0.1) is 13.5 Å². The van der Waals surface area contributed by atoms with Gasteiger partial charge in [0.25, 0.3) is 0 Å². The highest BCUT2D eigenvalue weighted by Crippen LogP contribution is 2.54. The van der Waals surface area contributed by atoms with Crippen LogP contribution in [0.2, 0.25) is 5.02 Å². The Balaban J connectivity index is 2.16. The maximum absolute atomic E-state index is 11.1. The highest BCUT2D eigenvalue weighted by atomic mass is 35.5. The molecule has 0 saturated heterocycles. The highest BCUT2D eigenvalue weighted by molar-refractivity contribution is 6.31. The summed E-state index contributed by atoms with van der Waals surface area (Å²) >= 11 is 6.03. The van der Waals surface area contributed by atoms with E-state index in [1.165, 1.54) is 0 Å². The van der Waals surface area contributed by atoms with E-state index in [-0.39, 0.29) is 11.8 Å². The van der Waals surface area contributed by atoms with E-state index in [0.717, 1.165) is 34.9 Å². The number of carboxylic acids is 1. The molecular formula is C16H15ClO3. The number of methoxy groups -OCH3 is 1. The van der Waals surface area contributed by atoms with Crippen LogP contribution in [0.15, 0.2) is 30.3 Å². The van der Waals surface area contributed by atoms with Crippen molar-refractivity contribution >= 4 is 28.3 Å². The first-order valence-electron chi connectivity index (χ1n) is 6.54. The molecule has 1 saturated carbocycles. The monoisotopic (exact) mass is 290 g/mol. The van der Waals surface area contributed by atoms with E-state index in [2.05, 4.69) is 0 Å². The van der Waals surface area contributed by atoms with Gasteiger partial charge in [-0.05, 0) is 47.9 Å². The SMILES string of the molecule is COc1cc2ccc(Cl)cc2cc1C1(CC(=O)O)CC1. The molecule has 1 aliphatic carbocycles. The van der Waals surface area contributed by atoms with Crippen LogP contribution in [0, 0.1) is 0 Å². The number of hydrogen-bond donors (Lipinski definition) is 1. The lowest BCUT2D eigenvalue weighted by molar-refractivity contribution is -0.137. The fourth-order valence-electron chi connectivity index (χ4n) is 2.81. The Labute approximate surface area is 122 Å². The molecule has 4 heteroatoms. The Morgan fingerprint density at radius 2 is 2.05 bits per heavy atom. The van der Waals surface area contributed by atoms with Crippen LogP contribution in [0.3, 0.4) is 0 Å². The molecule has 2 aromatic carbocycles. The first-order valence-corrected chi connectivity index (χ1v) is 6.91. The molecule has 0 unspecified atom stereocenters. The van der Waals surface area contributed by atoms with Gasteiger partial charge in [0.15, 0.2) is 0 Å². The largest absolute Gasteiger partial charge is 0.496 e. The van der Waals surface area contributed by atoms with Crippen LogP contribution >= 0.6 is 11.6 Å². The van der Waals surface area contributed by atoms with Crippen molar-refractivity contribution in [3.05, 3.63) is 40.9 Å². The van der Waals surface area contributed by atoms with Crippen LogP contribution < -0.4 is 4.74 Å². The zero-order chi connectivity index (χ0) is 14.3. The van der Waals surface area contributed by atoms with E-state index >= 15 is 0 Å². The van der Waals surface area contributed by atoms with Crippen LogP contribution in [-0.4, -0.2) is 18.2 Å². The summed E-state index contributed by atoms with van der Waals surface area (Å²) in [5.74, 6) is -0.00526. The van der Waals surface area contributed by atoms with Gasteiger partial charge in [0, 0.05) is 16.0 Å². The Bertz CT molecular complexity index is 689. The van der Waals surface area contributed by atoms with Crippen molar-refractivity contribution in [3.63, 3.8) is 0 Å². The molecule has 0 spiro atoms. The molecule has 3 nitrogen and oxygen atoms in total. The maximum atomic E-state index is 11.1. The van der Waals surface area contributed by atoms with E-state index in [9.17, 15) is 4.79 Å². The molecule has 20 heavy (non-hydrogen) atoms. The molecule has 3 rings (SSSR count). The quantitative estimate of drug-likeness (QED) is 0.925. The average Bonchev–Trinajstić information content (AvgIpc) is 3.17. The second-order valence-corrected chi connectivity index (χ2v) is 5.83. The predicted molar refractivity (Wildman–Crippen MR) is 78.7 cm³/mol. The number of carbonyl (C=O) groups is 1. The van der Waals surface area contributed by atoms with Gasteiger partial charge in [-0.25, -0.2) is 0 Å². The van der Waals surface area contributed by atoms with E-state index < -0.39 is 5.97 Å². The number of carboxylic acid groups (broad SMARTS) is 1. The van der Waals surface area contributed by atoms with E-state index in [0.29, 0.717) is 5.02 Å². The molecule has 1 N–H and O–H groups in total. The van der Waals surface area contributed by atoms with Crippen LogP contribution in [0.4, 0.5) is 0 Å². The Morgan fingerprint density at radius 3 is 2.65 bits per heavy atom. The van der Waals surface area contributed by atoms with Gasteiger partial charge in [-0.15, -0.1) is 0 Å². The molecule has 1 aliphatic rings. The van der Waals surface area contributed by atoms with Crippen molar-refractivity contribution in [2.24, 2.45) is 0 Å². The molecule has 2 aromatic rings. The number of hydrogen-bond acceptors (Lipinski definition) is 2. The highest BCUT2D eigenvalue weighted by Gasteiger charge is 2.47. The zero-order valence-electron chi connectivity index (χ0n) is 11.1. The third kappa shape index (κ3) is 2.22. The Kier molecular flexibility index (Phi) is 3.09. The summed E-state index contributed by atoms with van der Waals surface area (Å²) in [4.78, 5) is 11.1. The fourth-order valence-corrected chi connectivity index (χ4v) is 2.99. The Hall–Kier alpha value is -1.74. The number of ether oxygens (including phenoxy) is 1. The number of halogens is 1. The average molecular weight is 291 g/mol. The van der Waals surface area contributed by atoms with Gasteiger partial charge in [0.1, 0.15) is 5.75 Å². The van der Waals surface area contributed by atoms with Crippen LogP contribution in [0.25, 0.3) is 10.8 Å². The Morgan fingerprint density at radius 1 is 1.30 bits per heavy atom. The minimum absolute atomic E-state index is 0.148. The third-order valence-electron chi connectivity index (χ3n) is 4.04. The second kappa shape index (κ2) is 4.67. The van der Waals surface area contributed by atoms with Gasteiger partial charge < -0.3 is 9.84 Å². The van der Waals surface area contributed by atoms with Gasteiger partial charge in [-0.1, -0.05) is 17.7 Å². The topological polar surface area (TPSA) is 46.5 Å². The van der Waals surface area contributed by atoms with Crippen LogP contribution in [-0.2, 0) is 10.2 Å². The van der Waals surface area contributed by atoms with Gasteiger partial charge in [-0.3, -0.25) is 4.79 Å². The third-order valence-corrected chi connectivity index (χ3v) is 4.27. The molecule has 0 heterocycles. The number of rotatable bonds is 4. The first-order chi connectivity index (χ1) is 9.54. The molecule has 0 atom stereocenters. The van der Waals surface area contributed by atoms with Crippen LogP contribution in [0.5, 0.6) is 5.75 Å². The lowest BCUT2D eigenvalue weighted by Gasteiger charge is -2.18. The summed E-state index contributed by atoms with van der Waals surface area (Å²) in [6.07, 6.45) is 1.93. The smallest absolute Gasteiger partial charge is 0.304 e. The summed E-state index contributed by atoms with van der Waals surface area (Å²) in [6, 6.07) is 9.67. The second-order valence-electron chi connectivity index (χ2n) is 5.39. The molecule has 0 amide bonds. The molecule has 0 radical (unpaired) electrons. The van der Waals surface area contributed by atoms with E-state index in [1.54, 1.807) is 7.11 Å². The standard InChI is InChI=1S/C16H15ClO3/c1-20-14-8-10-2-3-12(17)6-11(10)7-13(14)16(4-5-16)9-15(18)19/h2-3,6-8H,4-5,9H2,1H3,(H,18,19). The molecule has 0 aromatic heterocycles. The van der Waals surface area contributed by atoms with Crippen molar-refractivity contribution in [1.29, 1.82) is 0 Å². The normalized spacial score (nSPS) is 16.1. The summed E-state index contributed by atoms with van der Waals surface area (Å²) in [5, 5.41) is 11.8. The summed E-state index contributed by atoms with van der Waals surface area (Å²) in [7, 11) is 1.62. The minimum Gasteiger partial charge on any atom is -0.496 e. The van der Waals surface area contributed by atoms with Gasteiger partial charge in [-0.2, -0.15) is 0 Å². The summed E-state index contributed by atoms with van der Waals surface area (Å²) in [5.41, 5.74) is 0.713. The first kappa shape index (κ1) is 13.3. The molecule has 104 valence electrons. The van der Waals surface area contributed by atoms with Crippen molar-refractivity contribution in [2.75, 3.05) is 7.11 Å². The van der Waals surface area contributed by atoms with Gasteiger partial charge in [0.2, 0.25) is 0 Å². The fraction of sp³-hybridized carbons (Fsp3) is 0.312. The van der Waals surface area contributed by atoms with E-state index in [1.807, 2.05) is 30.3 Å². The van der Waals surface area contributed by atoms with E-state index in [4.69, 9.17) is 21.4 Å². The van der Waals surface area contributed by atoms with Crippen molar-refractivity contribution < 1.29 is 14.6 Å². The number of benzene rings is 2. The summed E-state index contributed by atoms with van der Waals surface area (Å²) < 4.78 is 5.47. The molecule has 1 fully saturated rings. The molecule has 0 aliphatic heterocycles. The predicted octanol–water partition coefficient (Wildman–Crippen LogP) is 4.01.